The van der Waals surface area contributed by atoms with Crippen LogP contribution in [-0.2, 0) is 26.0 Å². The standard InChI is InChI=1S/C27H27BrN4O4S/c28-20-5-11-23(12-6-20)37(34,35)31-26(17-19-18-29-25-4-2-1-3-24(19)25)27(33)30-21-7-9-22(10-8-21)32-13-15-36-16-14-32/h1-12,18,26,29,31H,13-17H2,(H,30,33). The second-order valence-electron chi connectivity index (χ2n) is 8.83. The minimum Gasteiger partial charge on any atom is -0.378 e. The predicted molar refractivity (Wildman–Crippen MR) is 148 cm³/mol. The molecular weight excluding hydrogens is 556 g/mol. The Kier molecular flexibility index (Phi) is 7.61. The molecule has 1 aliphatic heterocycles. The molecule has 1 aliphatic rings. The van der Waals surface area contributed by atoms with Crippen molar-refractivity contribution in [1.82, 2.24) is 9.71 Å². The molecule has 8 nitrogen and oxygen atoms in total. The van der Waals surface area contributed by atoms with Gasteiger partial charge in [-0.2, -0.15) is 4.72 Å². The second-order valence-corrected chi connectivity index (χ2v) is 11.5. The molecule has 1 fully saturated rings. The smallest absolute Gasteiger partial charge is 0.242 e. The van der Waals surface area contributed by atoms with Crippen molar-refractivity contribution in [3.8, 4) is 0 Å². The summed E-state index contributed by atoms with van der Waals surface area (Å²) in [4.78, 5) is 18.9. The number of nitrogens with zero attached hydrogens (tertiary/aromatic N) is 1. The second kappa shape index (κ2) is 11.1. The maximum atomic E-state index is 13.4. The molecule has 37 heavy (non-hydrogen) atoms. The molecule has 5 rings (SSSR count). The van der Waals surface area contributed by atoms with E-state index in [0.29, 0.717) is 18.9 Å². The fourth-order valence-corrected chi connectivity index (χ4v) is 5.84. The number of halogens is 1. The van der Waals surface area contributed by atoms with Crippen LogP contribution in [0.3, 0.4) is 0 Å². The van der Waals surface area contributed by atoms with E-state index in [2.05, 4.69) is 35.9 Å². The Hall–Kier alpha value is -3.18. The third-order valence-electron chi connectivity index (χ3n) is 6.35. The Bertz CT molecular complexity index is 1480. The lowest BCUT2D eigenvalue weighted by molar-refractivity contribution is -0.117. The Labute approximate surface area is 224 Å². The number of anilines is 2. The summed E-state index contributed by atoms with van der Waals surface area (Å²) in [5.41, 5.74) is 3.41. The number of H-pyrrole nitrogens is 1. The van der Waals surface area contributed by atoms with Gasteiger partial charge in [0.1, 0.15) is 6.04 Å². The van der Waals surface area contributed by atoms with Crippen LogP contribution in [0, 0.1) is 0 Å². The molecule has 1 atom stereocenters. The van der Waals surface area contributed by atoms with Gasteiger partial charge in [0, 0.05) is 46.0 Å². The molecule has 0 aliphatic carbocycles. The number of hydrogen-bond donors (Lipinski definition) is 3. The van der Waals surface area contributed by atoms with Gasteiger partial charge in [0.05, 0.1) is 18.1 Å². The van der Waals surface area contributed by atoms with Gasteiger partial charge in [-0.1, -0.05) is 34.1 Å². The van der Waals surface area contributed by atoms with E-state index >= 15 is 0 Å². The molecule has 1 amide bonds. The first-order valence-corrected chi connectivity index (χ1v) is 14.2. The number of aromatic nitrogens is 1. The van der Waals surface area contributed by atoms with E-state index in [9.17, 15) is 13.2 Å². The maximum Gasteiger partial charge on any atom is 0.242 e. The fourth-order valence-electron chi connectivity index (χ4n) is 4.38. The zero-order chi connectivity index (χ0) is 25.8. The number of aromatic amines is 1. The van der Waals surface area contributed by atoms with E-state index in [4.69, 9.17) is 4.74 Å². The lowest BCUT2D eigenvalue weighted by atomic mass is 10.0. The van der Waals surface area contributed by atoms with Gasteiger partial charge in [-0.15, -0.1) is 0 Å². The van der Waals surface area contributed by atoms with Crippen molar-refractivity contribution in [2.24, 2.45) is 0 Å². The summed E-state index contributed by atoms with van der Waals surface area (Å²) >= 11 is 3.32. The summed E-state index contributed by atoms with van der Waals surface area (Å²) < 4.78 is 35.2. The van der Waals surface area contributed by atoms with Crippen molar-refractivity contribution < 1.29 is 17.9 Å². The third-order valence-corrected chi connectivity index (χ3v) is 8.36. The molecule has 3 N–H and O–H groups in total. The number of amides is 1. The molecule has 1 saturated heterocycles. The van der Waals surface area contributed by atoms with Crippen LogP contribution in [0.25, 0.3) is 10.9 Å². The van der Waals surface area contributed by atoms with Gasteiger partial charge in [-0.3, -0.25) is 4.79 Å². The molecule has 10 heteroatoms. The van der Waals surface area contributed by atoms with Crippen LogP contribution in [0.15, 0.2) is 88.4 Å². The van der Waals surface area contributed by atoms with E-state index in [1.807, 2.05) is 54.7 Å². The minimum absolute atomic E-state index is 0.0855. The van der Waals surface area contributed by atoms with Crippen LogP contribution >= 0.6 is 15.9 Å². The van der Waals surface area contributed by atoms with Gasteiger partial charge in [0.15, 0.2) is 0 Å². The van der Waals surface area contributed by atoms with Crippen molar-refractivity contribution in [3.05, 3.63) is 89.0 Å². The topological polar surface area (TPSA) is 104 Å². The number of carbonyl (C=O) groups is 1. The summed E-state index contributed by atoms with van der Waals surface area (Å²) in [5, 5.41) is 3.83. The number of ether oxygens (including phenoxy) is 1. The Balaban J connectivity index is 1.38. The number of morpholine rings is 1. The van der Waals surface area contributed by atoms with Crippen molar-refractivity contribution in [3.63, 3.8) is 0 Å². The Morgan fingerprint density at radius 2 is 1.70 bits per heavy atom. The number of rotatable bonds is 8. The van der Waals surface area contributed by atoms with Gasteiger partial charge in [-0.05, 0) is 66.6 Å². The van der Waals surface area contributed by atoms with Crippen LogP contribution in [0.4, 0.5) is 11.4 Å². The third kappa shape index (κ3) is 6.04. The summed E-state index contributed by atoms with van der Waals surface area (Å²) in [7, 11) is -3.95. The molecule has 0 radical (unpaired) electrons. The monoisotopic (exact) mass is 582 g/mol. The van der Waals surface area contributed by atoms with Crippen LogP contribution in [-0.4, -0.2) is 51.7 Å². The van der Waals surface area contributed by atoms with Gasteiger partial charge >= 0.3 is 0 Å². The number of nitrogens with one attached hydrogen (secondary N) is 3. The van der Waals surface area contributed by atoms with Crippen LogP contribution in [0.1, 0.15) is 5.56 Å². The highest BCUT2D eigenvalue weighted by atomic mass is 79.9. The van der Waals surface area contributed by atoms with E-state index in [-0.39, 0.29) is 11.3 Å². The zero-order valence-corrected chi connectivity index (χ0v) is 22.4. The predicted octanol–water partition coefficient (Wildman–Crippen LogP) is 4.30. The average Bonchev–Trinajstić information content (AvgIpc) is 3.32. The lowest BCUT2D eigenvalue weighted by Gasteiger charge is -2.29. The minimum atomic E-state index is -3.95. The average molecular weight is 584 g/mol. The highest BCUT2D eigenvalue weighted by Gasteiger charge is 2.27. The van der Waals surface area contributed by atoms with Gasteiger partial charge in [-0.25, -0.2) is 8.42 Å². The van der Waals surface area contributed by atoms with Crippen LogP contribution in [0.2, 0.25) is 0 Å². The molecule has 1 unspecified atom stereocenters. The molecule has 4 aromatic rings. The Morgan fingerprint density at radius 3 is 2.43 bits per heavy atom. The number of benzene rings is 3. The van der Waals surface area contributed by atoms with Crippen molar-refractivity contribution in [1.29, 1.82) is 0 Å². The van der Waals surface area contributed by atoms with Crippen molar-refractivity contribution in [2.45, 2.75) is 17.4 Å². The van der Waals surface area contributed by atoms with E-state index in [0.717, 1.165) is 39.7 Å². The molecule has 1 aromatic heterocycles. The highest BCUT2D eigenvalue weighted by Crippen LogP contribution is 2.23. The Morgan fingerprint density at radius 1 is 1.00 bits per heavy atom. The van der Waals surface area contributed by atoms with Gasteiger partial charge in [0.2, 0.25) is 15.9 Å². The number of para-hydroxylation sites is 1. The van der Waals surface area contributed by atoms with Crippen molar-refractivity contribution >= 4 is 54.1 Å². The molecule has 2 heterocycles. The summed E-state index contributed by atoms with van der Waals surface area (Å²) in [6, 6.07) is 20.5. The largest absolute Gasteiger partial charge is 0.378 e. The lowest BCUT2D eigenvalue weighted by Crippen LogP contribution is -2.45. The number of sulfonamides is 1. The molecule has 192 valence electrons. The van der Waals surface area contributed by atoms with E-state index in [1.54, 1.807) is 12.1 Å². The van der Waals surface area contributed by atoms with Gasteiger partial charge < -0.3 is 19.9 Å². The fraction of sp³-hybridized carbons (Fsp3) is 0.222. The van der Waals surface area contributed by atoms with E-state index in [1.165, 1.54) is 12.1 Å². The normalized spacial score (nSPS) is 15.0. The summed E-state index contributed by atoms with van der Waals surface area (Å²) in [6.07, 6.45) is 1.99. The van der Waals surface area contributed by atoms with E-state index < -0.39 is 22.0 Å². The number of fused-ring (bicyclic) bond motifs is 1. The maximum absolute atomic E-state index is 13.4. The zero-order valence-electron chi connectivity index (χ0n) is 20.0. The first-order chi connectivity index (χ1) is 17.9. The molecule has 3 aromatic carbocycles. The van der Waals surface area contributed by atoms with Crippen molar-refractivity contribution in [2.75, 3.05) is 36.5 Å². The number of carbonyl (C=O) groups excluding carboxylic acids is 1. The van der Waals surface area contributed by atoms with Gasteiger partial charge in [0.25, 0.3) is 0 Å². The molecule has 0 spiro atoms. The molecular formula is C27H27BrN4O4S. The molecule has 0 saturated carbocycles. The number of hydrogen-bond acceptors (Lipinski definition) is 5. The first kappa shape index (κ1) is 25.5. The summed E-state index contributed by atoms with van der Waals surface area (Å²) in [6.45, 7) is 3.01. The highest BCUT2D eigenvalue weighted by molar-refractivity contribution is 9.10. The quantitative estimate of drug-likeness (QED) is 0.287. The van der Waals surface area contributed by atoms with Crippen LogP contribution < -0.4 is 14.9 Å². The first-order valence-electron chi connectivity index (χ1n) is 12.0. The summed E-state index contributed by atoms with van der Waals surface area (Å²) in [5.74, 6) is -0.440. The molecule has 0 bridgehead atoms. The van der Waals surface area contributed by atoms with Crippen LogP contribution in [0.5, 0.6) is 0 Å². The SMILES string of the molecule is O=C(Nc1ccc(N2CCOCC2)cc1)C(Cc1c[nH]c2ccccc12)NS(=O)(=O)c1ccc(Br)cc1.